The van der Waals surface area contributed by atoms with Crippen LogP contribution in [0.15, 0.2) is 0 Å². The number of ether oxygens (including phenoxy) is 6. The molecule has 0 N–H and O–H groups in total. The fourth-order valence-electron chi connectivity index (χ4n) is 3.50. The van der Waals surface area contributed by atoms with Crippen LogP contribution in [0, 0.1) is 13.2 Å². The second-order valence-electron chi connectivity index (χ2n) is 7.56. The van der Waals surface area contributed by atoms with Crippen molar-refractivity contribution >= 4 is 12.6 Å². The summed E-state index contributed by atoms with van der Waals surface area (Å²) < 4.78 is 32.8. The topological polar surface area (TPSA) is 89.5 Å². The summed E-state index contributed by atoms with van der Waals surface area (Å²) in [6.07, 6.45) is 1.55. The van der Waals surface area contributed by atoms with Crippen LogP contribution in [-0.2, 0) is 103 Å². The largest absolute Gasteiger partial charge is 0.545 e. The number of hydrogen-bond donors (Lipinski definition) is 0. The average Bonchev–Trinajstić information content (AvgIpc) is 3.23. The number of carbonyl (C=O) groups excluding carboxylic acids is 2. The third-order valence-electron chi connectivity index (χ3n) is 4.49. The Balaban J connectivity index is 0.000000490. The van der Waals surface area contributed by atoms with Crippen LogP contribution < -0.4 is 0 Å². The van der Waals surface area contributed by atoms with Crippen molar-refractivity contribution in [3.05, 3.63) is 13.2 Å². The molecule has 0 saturated carbocycles. The molecular weight excluding hydrogens is 534 g/mol. The molecule has 4 saturated heterocycles. The van der Waals surface area contributed by atoms with Crippen molar-refractivity contribution in [2.75, 3.05) is 0 Å². The van der Waals surface area contributed by atoms with E-state index in [2.05, 4.69) is 0 Å². The summed E-state index contributed by atoms with van der Waals surface area (Å²) in [4.78, 5) is 20.6. The molecule has 0 spiro atoms. The van der Waals surface area contributed by atoms with E-state index in [0.717, 1.165) is 12.6 Å². The molecule has 162 valence electrons. The molecule has 0 aromatic heterocycles. The first-order valence-corrected chi connectivity index (χ1v) is 8.81. The Morgan fingerprint density at radius 3 is 1.38 bits per heavy atom. The van der Waals surface area contributed by atoms with Crippen LogP contribution >= 0.6 is 0 Å². The van der Waals surface area contributed by atoms with Crippen LogP contribution in [0.1, 0.15) is 48.0 Å². The molecule has 4 aliphatic heterocycles. The summed E-state index contributed by atoms with van der Waals surface area (Å²) >= 11 is 0. The molecule has 4 aliphatic rings. The van der Waals surface area contributed by atoms with Crippen LogP contribution in [0.25, 0.3) is 0 Å². The van der Waals surface area contributed by atoms with Crippen LogP contribution in [0.3, 0.4) is 0 Å². The number of fused-ring (bicyclic) bond motifs is 2. The van der Waals surface area contributed by atoms with Gasteiger partial charge in [-0.1, -0.05) is 7.43 Å². The van der Waals surface area contributed by atoms with Gasteiger partial charge >= 0.3 is 0 Å². The molecule has 10 heteroatoms. The first-order chi connectivity index (χ1) is 12.2. The molecule has 4 fully saturated rings. The van der Waals surface area contributed by atoms with Crippen molar-refractivity contribution in [3.8, 4) is 0 Å². The van der Waals surface area contributed by atoms with Crippen LogP contribution in [0.2, 0.25) is 0 Å². The van der Waals surface area contributed by atoms with Gasteiger partial charge in [-0.2, -0.15) is 13.2 Å². The maximum Gasteiger partial charge on any atom is 0.160 e. The Morgan fingerprint density at radius 1 is 0.724 bits per heavy atom. The second-order valence-corrected chi connectivity index (χ2v) is 7.56. The molecule has 4 rings (SSSR count). The van der Waals surface area contributed by atoms with Gasteiger partial charge in [-0.15, -0.1) is 0 Å². The SMILES string of the molecule is C.CC1(C)OC2[CH-]O[C@@H](CC=O)C2O1.CC1(C)OC2[CH-]O[C@H](CC=O)C2O1.[Y].[Y]. The maximum absolute atomic E-state index is 10.3. The van der Waals surface area contributed by atoms with E-state index in [1.807, 2.05) is 27.7 Å². The number of rotatable bonds is 4. The van der Waals surface area contributed by atoms with Gasteiger partial charge in [0.1, 0.15) is 12.6 Å². The number of carbonyl (C=O) groups is 2. The van der Waals surface area contributed by atoms with Gasteiger partial charge < -0.3 is 38.0 Å². The minimum Gasteiger partial charge on any atom is -0.545 e. The molecule has 2 radical (unpaired) electrons. The second kappa shape index (κ2) is 12.5. The molecule has 0 aliphatic carbocycles. The van der Waals surface area contributed by atoms with E-state index in [0.29, 0.717) is 12.8 Å². The van der Waals surface area contributed by atoms with Gasteiger partial charge in [0.05, 0.1) is 24.4 Å². The third-order valence-corrected chi connectivity index (χ3v) is 4.49. The predicted octanol–water partition coefficient (Wildman–Crippen LogP) is 1.94. The van der Waals surface area contributed by atoms with E-state index in [9.17, 15) is 9.59 Å². The van der Waals surface area contributed by atoms with E-state index in [1.165, 1.54) is 0 Å². The summed E-state index contributed by atoms with van der Waals surface area (Å²) in [5.74, 6) is -1.12. The van der Waals surface area contributed by atoms with Gasteiger partial charge in [-0.05, 0) is 39.9 Å². The van der Waals surface area contributed by atoms with Crippen molar-refractivity contribution in [1.82, 2.24) is 0 Å². The molecule has 6 atom stereocenters. The Morgan fingerprint density at radius 2 is 1.07 bits per heavy atom. The van der Waals surface area contributed by atoms with Crippen LogP contribution in [-0.4, -0.2) is 60.8 Å². The van der Waals surface area contributed by atoms with Gasteiger partial charge in [-0.3, -0.25) is 0 Å². The Labute approximate surface area is 223 Å². The van der Waals surface area contributed by atoms with Gasteiger partial charge in [-0.25, -0.2) is 0 Å². The third kappa shape index (κ3) is 7.69. The van der Waals surface area contributed by atoms with E-state index < -0.39 is 11.6 Å². The fraction of sp³-hybridized carbons (Fsp3) is 0.789. The molecule has 4 heterocycles. The zero-order valence-electron chi connectivity index (χ0n) is 16.6. The summed E-state index contributed by atoms with van der Waals surface area (Å²) in [5, 5.41) is 0. The molecule has 4 unspecified atom stereocenters. The molecule has 0 bridgehead atoms. The zero-order valence-corrected chi connectivity index (χ0v) is 22.3. The minimum absolute atomic E-state index is 0. The quantitative estimate of drug-likeness (QED) is 0.379. The summed E-state index contributed by atoms with van der Waals surface area (Å²) in [6, 6.07) is 0. The number of hydrogen-bond acceptors (Lipinski definition) is 8. The zero-order chi connectivity index (χ0) is 18.9. The Bertz CT molecular complexity index is 484. The maximum atomic E-state index is 10.3. The van der Waals surface area contributed by atoms with E-state index in [4.69, 9.17) is 28.4 Å². The molecular formula is C19H30O8Y2-2. The van der Waals surface area contributed by atoms with Crippen molar-refractivity contribution in [2.24, 2.45) is 0 Å². The van der Waals surface area contributed by atoms with Gasteiger partial charge in [0.15, 0.2) is 11.6 Å². The first-order valence-electron chi connectivity index (χ1n) is 8.81. The van der Waals surface area contributed by atoms with Crippen LogP contribution in [0.5, 0.6) is 0 Å². The standard InChI is InChI=1S/2C9H13O4.CH4.2Y/c2*1-9(2)12-7-5-11-6(3-4-10)8(7)13-9;;;/h2*4-8H,3H2,1-2H3;1H4;;/q2*-1;;;/t2*6-,7?,8?;;;/m10.../s1. The van der Waals surface area contributed by atoms with Crippen molar-refractivity contribution in [2.45, 2.75) is 96.2 Å². The normalized spacial score (nSPS) is 37.5. The van der Waals surface area contributed by atoms with E-state index >= 15 is 0 Å². The van der Waals surface area contributed by atoms with E-state index in [-0.39, 0.29) is 109 Å². The number of aldehydes is 2. The van der Waals surface area contributed by atoms with Gasteiger partial charge in [0.25, 0.3) is 0 Å². The molecule has 8 nitrogen and oxygen atoms in total. The Kier molecular flexibility index (Phi) is 13.1. The van der Waals surface area contributed by atoms with E-state index in [1.54, 1.807) is 13.2 Å². The molecule has 0 aromatic carbocycles. The summed E-state index contributed by atoms with van der Waals surface area (Å²) in [5.41, 5.74) is 0. The van der Waals surface area contributed by atoms with Crippen molar-refractivity contribution < 1.29 is 103 Å². The Hall–Kier alpha value is 1.31. The van der Waals surface area contributed by atoms with Crippen molar-refractivity contribution in [3.63, 3.8) is 0 Å². The monoisotopic (exact) mass is 564 g/mol. The van der Waals surface area contributed by atoms with Gasteiger partial charge in [0.2, 0.25) is 0 Å². The molecule has 0 aromatic rings. The molecule has 29 heavy (non-hydrogen) atoms. The fourth-order valence-corrected chi connectivity index (χ4v) is 3.50. The average molecular weight is 564 g/mol. The minimum atomic E-state index is -0.559. The van der Waals surface area contributed by atoms with Crippen LogP contribution in [0.4, 0.5) is 0 Å². The first kappa shape index (κ1) is 30.3. The van der Waals surface area contributed by atoms with Gasteiger partial charge in [0, 0.05) is 78.3 Å². The molecule has 0 amide bonds. The predicted molar refractivity (Wildman–Crippen MR) is 94.1 cm³/mol. The summed E-state index contributed by atoms with van der Waals surface area (Å²) in [7, 11) is 0. The smallest absolute Gasteiger partial charge is 0.160 e. The summed E-state index contributed by atoms with van der Waals surface area (Å²) in [6.45, 7) is 10.7. The van der Waals surface area contributed by atoms with Crippen molar-refractivity contribution in [1.29, 1.82) is 0 Å².